The lowest BCUT2D eigenvalue weighted by Crippen LogP contribution is -1.93. The molecular weight excluding hydrogens is 1750 g/mol. The standard InChI is InChI=1S/2C68H42N4/c1-70-58-38-56(47-16-8-3-9-17-47)37-57(39-58)53-27-31-62-64-41-51(29-33-66(64)72(68(62)43-53)60-20-12-5-13-21-60)49-24-22-48(23-25-49)50-28-32-65-63(40-50)61-30-26-52(42-67(61)71(65)59-18-10-4-11-19-59)55-35-45(44-69)34-54(36-55)46-14-6-2-7-15-46;1-70-58-38-56(47-16-8-3-9-17-47)37-57(39-58)53-29-33-68-64(43-53)62-41-51(27-31-66(62)72(68)60-20-12-5-13-21-60)49-24-22-48(23-25-49)50-26-30-65-61(40-50)63-42-52(28-32-67(63)71(65)59-18-10-4-11-19-59)55-35-45(44-69)34-54(36-55)46-14-6-2-7-15-46/h2*2-43H. The molecule has 0 aliphatic carbocycles. The van der Waals surface area contributed by atoms with Crippen LogP contribution in [0.2, 0.25) is 0 Å². The average molecular weight is 1830 g/mol. The Kier molecular flexibility index (Phi) is 21.7. The Labute approximate surface area is 833 Å². The maximum atomic E-state index is 10.1. The summed E-state index contributed by atoms with van der Waals surface area (Å²) in [6.45, 7) is 15.9. The molecule has 0 fully saturated rings. The Morgan fingerprint density at radius 2 is 0.319 bits per heavy atom. The van der Waals surface area contributed by atoms with E-state index in [-0.39, 0.29) is 0 Å². The van der Waals surface area contributed by atoms with Crippen molar-refractivity contribution in [1.29, 1.82) is 10.5 Å². The van der Waals surface area contributed by atoms with Gasteiger partial charge in [0, 0.05) is 65.8 Å². The zero-order valence-corrected chi connectivity index (χ0v) is 78.1. The molecule has 0 saturated heterocycles. The number of fused-ring (bicyclic) bond motifs is 12. The van der Waals surface area contributed by atoms with Crippen LogP contribution in [0.3, 0.4) is 0 Å². The van der Waals surface area contributed by atoms with Gasteiger partial charge in [0.1, 0.15) is 0 Å². The first kappa shape index (κ1) is 85.6. The largest absolute Gasteiger partial charge is 0.309 e. The average Bonchev–Trinajstić information content (AvgIpc) is 1.60. The molecular formula is C136H84N8. The molecule has 22 aromatic carbocycles. The lowest BCUT2D eigenvalue weighted by molar-refractivity contribution is 1.18. The van der Waals surface area contributed by atoms with E-state index >= 15 is 0 Å². The highest BCUT2D eigenvalue weighted by molar-refractivity contribution is 6.16. The second kappa shape index (κ2) is 36.5. The number of nitriles is 2. The molecule has 4 aromatic heterocycles. The molecule has 0 unspecified atom stereocenters. The molecule has 4 heterocycles. The fraction of sp³-hybridized carbons (Fsp3) is 0. The molecule has 8 heteroatoms. The predicted molar refractivity (Wildman–Crippen MR) is 597 cm³/mol. The Morgan fingerprint density at radius 3 is 0.556 bits per heavy atom. The van der Waals surface area contributed by atoms with Crippen LogP contribution in [0.5, 0.6) is 0 Å². The van der Waals surface area contributed by atoms with Crippen LogP contribution in [0.25, 0.3) is 253 Å². The van der Waals surface area contributed by atoms with Gasteiger partial charge in [-0.25, -0.2) is 9.69 Å². The summed E-state index contributed by atoms with van der Waals surface area (Å²) < 4.78 is 9.42. The molecule has 0 spiro atoms. The van der Waals surface area contributed by atoms with Crippen LogP contribution in [0.15, 0.2) is 510 Å². The normalized spacial score (nSPS) is 11.3. The molecule has 26 aromatic rings. The zero-order chi connectivity index (χ0) is 96.2. The highest BCUT2D eigenvalue weighted by Gasteiger charge is 2.24. The first-order valence-corrected chi connectivity index (χ1v) is 48.3. The molecule has 0 saturated carbocycles. The summed E-state index contributed by atoms with van der Waals surface area (Å²) in [5.74, 6) is 0. The lowest BCUT2D eigenvalue weighted by Gasteiger charge is -2.11. The Hall–Kier alpha value is -20.0. The highest BCUT2D eigenvalue weighted by atomic mass is 15.0. The molecule has 0 amide bonds. The Morgan fingerprint density at radius 1 is 0.146 bits per heavy atom. The van der Waals surface area contributed by atoms with E-state index in [1.165, 1.54) is 21.5 Å². The summed E-state index contributed by atoms with van der Waals surface area (Å²) in [6.07, 6.45) is 0. The third-order valence-corrected chi connectivity index (χ3v) is 28.2. The van der Waals surface area contributed by atoms with Gasteiger partial charge in [-0.05, 0) is 340 Å². The molecule has 0 aliphatic heterocycles. The number of aromatic nitrogens is 4. The maximum Gasteiger partial charge on any atom is 0.188 e. The van der Waals surface area contributed by atoms with Crippen LogP contribution in [0, 0.1) is 35.8 Å². The lowest BCUT2D eigenvalue weighted by atomic mass is 9.95. The molecule has 0 radical (unpaired) electrons. The summed E-state index contributed by atoms with van der Waals surface area (Å²) in [6, 6.07) is 185. The summed E-state index contributed by atoms with van der Waals surface area (Å²) in [5, 5.41) is 29.5. The van der Waals surface area contributed by atoms with Crippen LogP contribution in [0.4, 0.5) is 11.4 Å². The van der Waals surface area contributed by atoms with Gasteiger partial charge < -0.3 is 18.3 Å². The molecule has 26 rings (SSSR count). The number of rotatable bonds is 16. The first-order valence-electron chi connectivity index (χ1n) is 48.3. The van der Waals surface area contributed by atoms with Gasteiger partial charge in [-0.3, -0.25) is 0 Å². The smallest absolute Gasteiger partial charge is 0.188 e. The molecule has 0 atom stereocenters. The number of hydrogen-bond acceptors (Lipinski definition) is 2. The van der Waals surface area contributed by atoms with Crippen molar-refractivity contribution in [3.8, 4) is 168 Å². The van der Waals surface area contributed by atoms with Gasteiger partial charge in [-0.2, -0.15) is 10.5 Å². The number of hydrogen-bond donors (Lipinski definition) is 0. The van der Waals surface area contributed by atoms with Gasteiger partial charge in [0.2, 0.25) is 0 Å². The third kappa shape index (κ3) is 15.8. The van der Waals surface area contributed by atoms with Crippen molar-refractivity contribution in [3.63, 3.8) is 0 Å². The fourth-order valence-electron chi connectivity index (χ4n) is 21.2. The minimum absolute atomic E-state index is 0.619. The van der Waals surface area contributed by atoms with E-state index in [4.69, 9.17) is 13.1 Å². The van der Waals surface area contributed by atoms with E-state index in [1.807, 2.05) is 121 Å². The van der Waals surface area contributed by atoms with Crippen molar-refractivity contribution >= 4 is 98.6 Å². The van der Waals surface area contributed by atoms with E-state index < -0.39 is 0 Å². The molecule has 0 aliphatic rings. The number of para-hydroxylation sites is 4. The van der Waals surface area contributed by atoms with E-state index in [9.17, 15) is 10.5 Å². The van der Waals surface area contributed by atoms with Crippen molar-refractivity contribution in [2.75, 3.05) is 0 Å². The van der Waals surface area contributed by atoms with Gasteiger partial charge in [-0.15, -0.1) is 0 Å². The summed E-state index contributed by atoms with van der Waals surface area (Å²) in [7, 11) is 0. The van der Waals surface area contributed by atoms with Gasteiger partial charge in [0.15, 0.2) is 11.4 Å². The molecule has 0 bridgehead atoms. The van der Waals surface area contributed by atoms with Crippen molar-refractivity contribution in [2.24, 2.45) is 0 Å². The van der Waals surface area contributed by atoms with Crippen molar-refractivity contribution in [2.45, 2.75) is 0 Å². The molecule has 0 N–H and O–H groups in total. The van der Waals surface area contributed by atoms with Crippen LogP contribution in [0.1, 0.15) is 11.1 Å². The maximum absolute atomic E-state index is 10.1. The number of benzene rings is 22. The second-order valence-electron chi connectivity index (χ2n) is 36.7. The molecule has 8 nitrogen and oxygen atoms in total. The minimum atomic E-state index is 0.619. The van der Waals surface area contributed by atoms with E-state index in [0.29, 0.717) is 22.5 Å². The van der Waals surface area contributed by atoms with Crippen molar-refractivity contribution < 1.29 is 0 Å². The van der Waals surface area contributed by atoms with Gasteiger partial charge >= 0.3 is 0 Å². The van der Waals surface area contributed by atoms with Gasteiger partial charge in [-0.1, -0.05) is 303 Å². The minimum Gasteiger partial charge on any atom is -0.309 e. The Balaban J connectivity index is 0.000000151. The summed E-state index contributed by atoms with van der Waals surface area (Å²) in [4.78, 5) is 7.73. The van der Waals surface area contributed by atoms with Crippen LogP contribution < -0.4 is 0 Å². The van der Waals surface area contributed by atoms with Gasteiger partial charge in [0.05, 0.1) is 80.5 Å². The van der Waals surface area contributed by atoms with Crippen molar-refractivity contribution in [1.82, 2.24) is 18.3 Å². The first-order chi connectivity index (χ1) is 71.1. The Bertz CT molecular complexity index is 9180. The van der Waals surface area contributed by atoms with E-state index in [0.717, 1.165) is 222 Å². The SMILES string of the molecule is [C-]#[N+]c1cc(-c2ccccc2)cc(-c2ccc3c(c2)c2cc(-c4ccc(-c5ccc6c(c5)c5cc(-c7cc(C#N)cc(-c8ccccc8)c7)ccc5n6-c5ccccc5)cc4)ccc2n3-c2ccccc2)c1.[C-]#[N+]c1cc(-c2ccccc2)cc(-c2ccc3c4cc(-c5ccc(-c6ccc7c(c6)c6ccc(-c8cc(C#N)cc(-c9ccccc9)c8)cc6n7-c6ccccc6)cc5)ccc4n(-c4ccccc4)c3c2)c1. The monoisotopic (exact) mass is 1830 g/mol. The molecule has 144 heavy (non-hydrogen) atoms. The van der Waals surface area contributed by atoms with Crippen LogP contribution in [-0.4, -0.2) is 18.3 Å². The zero-order valence-electron chi connectivity index (χ0n) is 78.1. The van der Waals surface area contributed by atoms with E-state index in [1.54, 1.807) is 0 Å². The summed E-state index contributed by atoms with van der Waals surface area (Å²) >= 11 is 0. The number of nitrogens with zero attached hydrogens (tertiary/aromatic N) is 8. The molecule has 668 valence electrons. The van der Waals surface area contributed by atoms with Crippen LogP contribution in [-0.2, 0) is 0 Å². The predicted octanol–water partition coefficient (Wildman–Crippen LogP) is 36.6. The quantitative estimate of drug-likeness (QED) is 0.0904. The van der Waals surface area contributed by atoms with Crippen LogP contribution >= 0.6 is 0 Å². The third-order valence-electron chi connectivity index (χ3n) is 28.2. The topological polar surface area (TPSA) is 76.0 Å². The van der Waals surface area contributed by atoms with Gasteiger partial charge in [0.25, 0.3) is 0 Å². The fourth-order valence-corrected chi connectivity index (χ4v) is 21.2. The van der Waals surface area contributed by atoms with Crippen molar-refractivity contribution in [3.05, 3.63) is 544 Å². The highest BCUT2D eigenvalue weighted by Crippen LogP contribution is 2.47. The summed E-state index contributed by atoms with van der Waals surface area (Å²) in [5.41, 5.74) is 41.8. The van der Waals surface area contributed by atoms with E-state index in [2.05, 4.69) is 428 Å². The second-order valence-corrected chi connectivity index (χ2v) is 36.7.